The molecule has 26 heavy (non-hydrogen) atoms. The molecule has 138 valence electrons. The third kappa shape index (κ3) is 2.86. The maximum Gasteiger partial charge on any atom is 0.262 e. The largest absolute Gasteiger partial charge is 0.482 e. The van der Waals surface area contributed by atoms with E-state index < -0.39 is 10.0 Å². The molecule has 1 amide bonds. The van der Waals surface area contributed by atoms with Gasteiger partial charge in [-0.1, -0.05) is 0 Å². The lowest BCUT2D eigenvalue weighted by atomic mass is 9.92. The van der Waals surface area contributed by atoms with Crippen molar-refractivity contribution in [2.45, 2.75) is 37.1 Å². The number of hydrogen-bond acceptors (Lipinski definition) is 5. The normalized spacial score (nSPS) is 19.3. The molecule has 1 aliphatic heterocycles. The number of aromatic nitrogens is 2. The van der Waals surface area contributed by atoms with Crippen molar-refractivity contribution in [3.05, 3.63) is 35.2 Å². The van der Waals surface area contributed by atoms with Crippen molar-refractivity contribution in [1.29, 1.82) is 0 Å². The van der Waals surface area contributed by atoms with Crippen LogP contribution < -0.4 is 14.8 Å². The minimum atomic E-state index is -3.75. The number of amides is 1. The molecule has 4 rings (SSSR count). The van der Waals surface area contributed by atoms with E-state index in [4.69, 9.17) is 4.74 Å². The lowest BCUT2D eigenvalue weighted by Gasteiger charge is -2.25. The van der Waals surface area contributed by atoms with E-state index in [0.29, 0.717) is 11.4 Å². The highest BCUT2D eigenvalue weighted by atomic mass is 32.2. The molecule has 2 aromatic rings. The summed E-state index contributed by atoms with van der Waals surface area (Å²) in [5.41, 5.74) is 3.26. The topological polar surface area (TPSA) is 102 Å². The molecule has 2 N–H and O–H groups in total. The first kappa shape index (κ1) is 17.0. The standard InChI is InChI=1S/C17H20N4O4S/c1-10-17-12(4-3-5-14(17)21(2)19-10)20-26(23,24)11-6-7-15-13(8-11)18-16(22)9-25-15/h6-8,12,20H,3-5,9H2,1-2H3,(H,18,22). The van der Waals surface area contributed by atoms with E-state index in [-0.39, 0.29) is 23.5 Å². The molecule has 1 unspecified atom stereocenters. The Kier molecular flexibility index (Phi) is 4.00. The second-order valence-electron chi connectivity index (χ2n) is 6.63. The minimum absolute atomic E-state index is 0.0670. The Hall–Kier alpha value is -2.39. The lowest BCUT2D eigenvalue weighted by molar-refractivity contribution is -0.118. The molecule has 8 nitrogen and oxygen atoms in total. The Labute approximate surface area is 151 Å². The third-order valence-corrected chi connectivity index (χ3v) is 6.31. The second kappa shape index (κ2) is 6.10. The summed E-state index contributed by atoms with van der Waals surface area (Å²) in [6.45, 7) is 1.83. The van der Waals surface area contributed by atoms with Crippen LogP contribution >= 0.6 is 0 Å². The molecule has 2 heterocycles. The zero-order valence-corrected chi connectivity index (χ0v) is 15.4. The number of fused-ring (bicyclic) bond motifs is 2. The van der Waals surface area contributed by atoms with Gasteiger partial charge < -0.3 is 10.1 Å². The van der Waals surface area contributed by atoms with Gasteiger partial charge in [0.2, 0.25) is 10.0 Å². The maximum absolute atomic E-state index is 12.9. The van der Waals surface area contributed by atoms with Gasteiger partial charge in [-0.2, -0.15) is 5.10 Å². The molecule has 1 aromatic heterocycles. The van der Waals surface area contributed by atoms with Crippen LogP contribution in [0.4, 0.5) is 5.69 Å². The van der Waals surface area contributed by atoms with Gasteiger partial charge in [-0.15, -0.1) is 0 Å². The van der Waals surface area contributed by atoms with E-state index in [1.807, 2.05) is 18.7 Å². The summed E-state index contributed by atoms with van der Waals surface area (Å²) in [5.74, 6) is 0.162. The van der Waals surface area contributed by atoms with Gasteiger partial charge in [-0.05, 0) is 44.4 Å². The van der Waals surface area contributed by atoms with E-state index in [1.54, 1.807) is 6.07 Å². The Balaban J connectivity index is 1.65. The zero-order valence-electron chi connectivity index (χ0n) is 14.6. The zero-order chi connectivity index (χ0) is 18.5. The average Bonchev–Trinajstić information content (AvgIpc) is 2.89. The highest BCUT2D eigenvalue weighted by molar-refractivity contribution is 7.89. The number of carbonyl (C=O) groups excluding carboxylic acids is 1. The summed E-state index contributed by atoms with van der Waals surface area (Å²) in [5, 5.41) is 7.06. The van der Waals surface area contributed by atoms with Crippen molar-refractivity contribution >= 4 is 21.6 Å². The van der Waals surface area contributed by atoms with Crippen LogP contribution in [-0.4, -0.2) is 30.7 Å². The fourth-order valence-electron chi connectivity index (χ4n) is 3.69. The number of hydrogen-bond donors (Lipinski definition) is 2. The predicted octanol–water partition coefficient (Wildman–Crippen LogP) is 1.42. The van der Waals surface area contributed by atoms with Crippen LogP contribution in [0.3, 0.4) is 0 Å². The van der Waals surface area contributed by atoms with E-state index in [0.717, 1.165) is 36.2 Å². The number of anilines is 1. The first-order chi connectivity index (χ1) is 12.3. The van der Waals surface area contributed by atoms with Gasteiger partial charge in [0.05, 0.1) is 22.3 Å². The van der Waals surface area contributed by atoms with Crippen LogP contribution in [0.2, 0.25) is 0 Å². The van der Waals surface area contributed by atoms with Crippen LogP contribution in [0.25, 0.3) is 0 Å². The van der Waals surface area contributed by atoms with E-state index in [9.17, 15) is 13.2 Å². The number of nitrogens with zero attached hydrogens (tertiary/aromatic N) is 2. The van der Waals surface area contributed by atoms with Gasteiger partial charge in [0, 0.05) is 18.3 Å². The molecule has 0 saturated heterocycles. The van der Waals surface area contributed by atoms with Crippen LogP contribution in [0.15, 0.2) is 23.1 Å². The number of ether oxygens (including phenoxy) is 1. The molecular weight excluding hydrogens is 356 g/mol. The number of rotatable bonds is 3. The monoisotopic (exact) mass is 376 g/mol. The quantitative estimate of drug-likeness (QED) is 0.843. The predicted molar refractivity (Wildman–Crippen MR) is 94.5 cm³/mol. The molecule has 2 aliphatic rings. The van der Waals surface area contributed by atoms with Crippen LogP contribution in [0.1, 0.15) is 35.8 Å². The van der Waals surface area contributed by atoms with Crippen molar-refractivity contribution in [3.63, 3.8) is 0 Å². The van der Waals surface area contributed by atoms with Gasteiger partial charge in [0.15, 0.2) is 6.61 Å². The Morgan fingerprint density at radius 2 is 2.19 bits per heavy atom. The Morgan fingerprint density at radius 3 is 3.00 bits per heavy atom. The third-order valence-electron chi connectivity index (χ3n) is 4.84. The molecule has 1 aromatic carbocycles. The Bertz CT molecular complexity index is 996. The summed E-state index contributed by atoms with van der Waals surface area (Å²) in [6.07, 6.45) is 2.52. The molecule has 0 saturated carbocycles. The molecule has 1 atom stereocenters. The van der Waals surface area contributed by atoms with Crippen molar-refractivity contribution < 1.29 is 17.9 Å². The first-order valence-corrected chi connectivity index (χ1v) is 9.95. The SMILES string of the molecule is Cc1nn(C)c2c1C(NS(=O)(=O)c1ccc3c(c1)NC(=O)CO3)CCC2. The highest BCUT2D eigenvalue weighted by Gasteiger charge is 2.30. The number of carbonyl (C=O) groups is 1. The summed E-state index contributed by atoms with van der Waals surface area (Å²) >= 11 is 0. The van der Waals surface area contributed by atoms with Crippen molar-refractivity contribution in [1.82, 2.24) is 14.5 Å². The molecule has 1 aliphatic carbocycles. The van der Waals surface area contributed by atoms with Crippen molar-refractivity contribution in [2.75, 3.05) is 11.9 Å². The number of benzene rings is 1. The van der Waals surface area contributed by atoms with Crippen molar-refractivity contribution in [2.24, 2.45) is 7.05 Å². The fraction of sp³-hybridized carbons (Fsp3) is 0.412. The maximum atomic E-state index is 12.9. The van der Waals surface area contributed by atoms with Gasteiger partial charge >= 0.3 is 0 Å². The number of aryl methyl sites for hydroxylation is 2. The van der Waals surface area contributed by atoms with Gasteiger partial charge in [-0.25, -0.2) is 13.1 Å². The van der Waals surface area contributed by atoms with Crippen LogP contribution in [-0.2, 0) is 28.3 Å². The Morgan fingerprint density at radius 1 is 1.38 bits per heavy atom. The lowest BCUT2D eigenvalue weighted by Crippen LogP contribution is -2.32. The first-order valence-electron chi connectivity index (χ1n) is 8.46. The highest BCUT2D eigenvalue weighted by Crippen LogP contribution is 2.34. The van der Waals surface area contributed by atoms with E-state index in [2.05, 4.69) is 15.1 Å². The van der Waals surface area contributed by atoms with Crippen LogP contribution in [0.5, 0.6) is 5.75 Å². The van der Waals surface area contributed by atoms with E-state index >= 15 is 0 Å². The van der Waals surface area contributed by atoms with E-state index in [1.165, 1.54) is 12.1 Å². The van der Waals surface area contributed by atoms with Crippen LogP contribution in [0, 0.1) is 6.92 Å². The fourth-order valence-corrected chi connectivity index (χ4v) is 4.96. The molecule has 0 fully saturated rings. The second-order valence-corrected chi connectivity index (χ2v) is 8.34. The summed E-state index contributed by atoms with van der Waals surface area (Å²) in [4.78, 5) is 11.6. The summed E-state index contributed by atoms with van der Waals surface area (Å²) in [7, 11) is -1.87. The smallest absolute Gasteiger partial charge is 0.262 e. The number of sulfonamides is 1. The van der Waals surface area contributed by atoms with Crippen molar-refractivity contribution in [3.8, 4) is 5.75 Å². The minimum Gasteiger partial charge on any atom is -0.482 e. The molecule has 0 radical (unpaired) electrons. The van der Waals surface area contributed by atoms with Gasteiger partial charge in [-0.3, -0.25) is 9.48 Å². The molecule has 9 heteroatoms. The summed E-state index contributed by atoms with van der Waals surface area (Å²) < 4.78 is 35.7. The molecular formula is C17H20N4O4S. The number of nitrogens with one attached hydrogen (secondary N) is 2. The molecule has 0 bridgehead atoms. The summed E-state index contributed by atoms with van der Waals surface area (Å²) in [6, 6.07) is 4.16. The van der Waals surface area contributed by atoms with Gasteiger partial charge in [0.25, 0.3) is 5.91 Å². The van der Waals surface area contributed by atoms with Gasteiger partial charge in [0.1, 0.15) is 5.75 Å². The average molecular weight is 376 g/mol. The molecule has 0 spiro atoms.